The molecular weight excluding hydrogens is 315 g/mol. The van der Waals surface area contributed by atoms with Gasteiger partial charge >= 0.3 is 5.97 Å². The van der Waals surface area contributed by atoms with Crippen molar-refractivity contribution in [3.8, 4) is 0 Å². The van der Waals surface area contributed by atoms with Gasteiger partial charge in [0.15, 0.2) is 5.65 Å². The van der Waals surface area contributed by atoms with Crippen LogP contribution in [-0.4, -0.2) is 43.2 Å². The molecule has 0 fully saturated rings. The molecule has 3 N–H and O–H groups in total. The average Bonchev–Trinajstić information content (AvgIpc) is 2.94. The SMILES string of the molecule is NC(=NCC(=O)O)c1nn(Cc2ccccc2F)c2ncncc12. The van der Waals surface area contributed by atoms with Crippen LogP contribution in [0.4, 0.5) is 4.39 Å². The number of rotatable bonds is 5. The van der Waals surface area contributed by atoms with Crippen LogP contribution in [0.1, 0.15) is 11.3 Å². The van der Waals surface area contributed by atoms with Crippen molar-refractivity contribution < 1.29 is 14.3 Å². The molecule has 0 atom stereocenters. The maximum Gasteiger partial charge on any atom is 0.325 e. The standard InChI is InChI=1S/C15H13FN6O2/c16-11-4-2-1-3-9(11)7-22-15-10(5-18-8-20-15)13(21-22)14(17)19-6-12(23)24/h1-5,8H,6-7H2,(H2,17,19)(H,23,24). The lowest BCUT2D eigenvalue weighted by molar-refractivity contribution is -0.135. The van der Waals surface area contributed by atoms with Gasteiger partial charge in [0.25, 0.3) is 0 Å². The van der Waals surface area contributed by atoms with Crippen LogP contribution in [0.15, 0.2) is 41.8 Å². The average molecular weight is 328 g/mol. The molecule has 0 spiro atoms. The summed E-state index contributed by atoms with van der Waals surface area (Å²) in [6, 6.07) is 6.33. The highest BCUT2D eigenvalue weighted by molar-refractivity contribution is 6.06. The van der Waals surface area contributed by atoms with Gasteiger partial charge in [0.2, 0.25) is 0 Å². The lowest BCUT2D eigenvalue weighted by Crippen LogP contribution is -2.17. The summed E-state index contributed by atoms with van der Waals surface area (Å²) in [7, 11) is 0. The maximum atomic E-state index is 13.9. The molecule has 0 unspecified atom stereocenters. The van der Waals surface area contributed by atoms with E-state index in [9.17, 15) is 9.18 Å². The summed E-state index contributed by atoms with van der Waals surface area (Å²) in [5.41, 5.74) is 6.99. The quantitative estimate of drug-likeness (QED) is 0.528. The molecule has 3 rings (SSSR count). The fraction of sp³-hybridized carbons (Fsp3) is 0.133. The van der Waals surface area contributed by atoms with Gasteiger partial charge in [0.05, 0.1) is 11.9 Å². The molecule has 8 nitrogen and oxygen atoms in total. The lowest BCUT2D eigenvalue weighted by atomic mass is 10.2. The number of carboxylic acid groups (broad SMARTS) is 1. The Bertz CT molecular complexity index is 937. The summed E-state index contributed by atoms with van der Waals surface area (Å²) >= 11 is 0. The monoisotopic (exact) mass is 328 g/mol. The van der Waals surface area contributed by atoms with Gasteiger partial charge in [-0.05, 0) is 6.07 Å². The molecule has 0 aliphatic carbocycles. The summed E-state index contributed by atoms with van der Waals surface area (Å²) in [5.74, 6) is -1.50. The van der Waals surface area contributed by atoms with Crippen LogP contribution < -0.4 is 5.73 Å². The molecule has 2 aromatic heterocycles. The molecule has 122 valence electrons. The highest BCUT2D eigenvalue weighted by atomic mass is 19.1. The molecule has 0 amide bonds. The highest BCUT2D eigenvalue weighted by Crippen LogP contribution is 2.17. The van der Waals surface area contributed by atoms with Crippen LogP contribution in [0.25, 0.3) is 11.0 Å². The first-order valence-corrected chi connectivity index (χ1v) is 6.98. The minimum atomic E-state index is -1.11. The Morgan fingerprint density at radius 2 is 2.17 bits per heavy atom. The predicted molar refractivity (Wildman–Crippen MR) is 84.1 cm³/mol. The molecule has 0 bridgehead atoms. The Balaban J connectivity index is 2.05. The molecule has 0 aliphatic rings. The number of amidine groups is 1. The van der Waals surface area contributed by atoms with Crippen molar-refractivity contribution in [2.45, 2.75) is 6.54 Å². The number of fused-ring (bicyclic) bond motifs is 1. The molecule has 2 heterocycles. The zero-order chi connectivity index (χ0) is 17.1. The van der Waals surface area contributed by atoms with Gasteiger partial charge < -0.3 is 10.8 Å². The van der Waals surface area contributed by atoms with Crippen molar-refractivity contribution in [3.63, 3.8) is 0 Å². The van der Waals surface area contributed by atoms with E-state index in [0.29, 0.717) is 16.6 Å². The minimum Gasteiger partial charge on any atom is -0.480 e. The molecular formula is C15H13FN6O2. The predicted octanol–water partition coefficient (Wildman–Crippen LogP) is 0.804. The van der Waals surface area contributed by atoms with E-state index in [1.165, 1.54) is 23.3 Å². The lowest BCUT2D eigenvalue weighted by Gasteiger charge is -2.04. The van der Waals surface area contributed by atoms with Gasteiger partial charge in [-0.1, -0.05) is 18.2 Å². The van der Waals surface area contributed by atoms with Crippen LogP contribution in [0.5, 0.6) is 0 Å². The van der Waals surface area contributed by atoms with Gasteiger partial charge in [-0.25, -0.2) is 19.0 Å². The van der Waals surface area contributed by atoms with E-state index in [0.717, 1.165) is 0 Å². The fourth-order valence-electron chi connectivity index (χ4n) is 2.23. The van der Waals surface area contributed by atoms with Gasteiger partial charge in [0, 0.05) is 11.8 Å². The third-order valence-corrected chi connectivity index (χ3v) is 3.32. The number of hydrogen-bond donors (Lipinski definition) is 2. The van der Waals surface area contributed by atoms with Gasteiger partial charge in [-0.15, -0.1) is 0 Å². The van der Waals surface area contributed by atoms with Crippen LogP contribution in [-0.2, 0) is 11.3 Å². The summed E-state index contributed by atoms with van der Waals surface area (Å²) in [4.78, 5) is 22.5. The number of nitrogens with two attached hydrogens (primary N) is 1. The zero-order valence-corrected chi connectivity index (χ0v) is 12.4. The van der Waals surface area contributed by atoms with E-state index in [1.807, 2.05) is 0 Å². The molecule has 0 saturated heterocycles. The molecule has 0 saturated carbocycles. The Morgan fingerprint density at radius 3 is 2.92 bits per heavy atom. The van der Waals surface area contributed by atoms with Crippen molar-refractivity contribution in [1.82, 2.24) is 19.7 Å². The summed E-state index contributed by atoms with van der Waals surface area (Å²) in [6.45, 7) is -0.326. The molecule has 0 radical (unpaired) electrons. The maximum absolute atomic E-state index is 13.9. The van der Waals surface area contributed by atoms with E-state index in [1.54, 1.807) is 18.2 Å². The largest absolute Gasteiger partial charge is 0.480 e. The van der Waals surface area contributed by atoms with Crippen molar-refractivity contribution in [1.29, 1.82) is 0 Å². The van der Waals surface area contributed by atoms with E-state index < -0.39 is 12.5 Å². The first-order chi connectivity index (χ1) is 11.6. The number of aliphatic imine (C=N–C) groups is 1. The van der Waals surface area contributed by atoms with Crippen molar-refractivity contribution >= 4 is 22.8 Å². The topological polar surface area (TPSA) is 119 Å². The molecule has 9 heteroatoms. The number of nitrogens with zero attached hydrogens (tertiary/aromatic N) is 5. The van der Waals surface area contributed by atoms with Crippen molar-refractivity contribution in [2.75, 3.05) is 6.54 Å². The third-order valence-electron chi connectivity index (χ3n) is 3.32. The minimum absolute atomic E-state index is 0.0375. The molecule has 0 aliphatic heterocycles. The Labute approximate surface area is 135 Å². The number of halogens is 1. The number of carbonyl (C=O) groups is 1. The van der Waals surface area contributed by atoms with Crippen molar-refractivity contribution in [2.24, 2.45) is 10.7 Å². The summed E-state index contributed by atoms with van der Waals surface area (Å²) in [6.07, 6.45) is 2.85. The van der Waals surface area contributed by atoms with Crippen molar-refractivity contribution in [3.05, 3.63) is 53.9 Å². The van der Waals surface area contributed by atoms with Crippen LogP contribution >= 0.6 is 0 Å². The van der Waals surface area contributed by atoms with Crippen LogP contribution in [0.3, 0.4) is 0 Å². The number of aliphatic carboxylic acids is 1. The molecule has 3 aromatic rings. The number of benzene rings is 1. The highest BCUT2D eigenvalue weighted by Gasteiger charge is 2.16. The second-order valence-electron chi connectivity index (χ2n) is 4.95. The normalized spacial score (nSPS) is 11.8. The molecule has 24 heavy (non-hydrogen) atoms. The number of carboxylic acids is 1. The molecule has 1 aromatic carbocycles. The first kappa shape index (κ1) is 15.5. The van der Waals surface area contributed by atoms with E-state index >= 15 is 0 Å². The van der Waals surface area contributed by atoms with E-state index in [4.69, 9.17) is 10.8 Å². The summed E-state index contributed by atoms with van der Waals surface area (Å²) < 4.78 is 15.3. The van der Waals surface area contributed by atoms with E-state index in [-0.39, 0.29) is 23.9 Å². The number of aromatic nitrogens is 4. The third kappa shape index (κ3) is 3.05. The fourth-order valence-corrected chi connectivity index (χ4v) is 2.23. The summed E-state index contributed by atoms with van der Waals surface area (Å²) in [5, 5.41) is 13.5. The van der Waals surface area contributed by atoms with Gasteiger partial charge in [0.1, 0.15) is 30.2 Å². The Kier molecular flexibility index (Phi) is 4.15. The Hall–Kier alpha value is -3.36. The number of hydrogen-bond acceptors (Lipinski definition) is 5. The van der Waals surface area contributed by atoms with Crippen LogP contribution in [0, 0.1) is 5.82 Å². The second-order valence-corrected chi connectivity index (χ2v) is 4.95. The van der Waals surface area contributed by atoms with Gasteiger partial charge in [-0.3, -0.25) is 9.79 Å². The zero-order valence-electron chi connectivity index (χ0n) is 12.4. The second kappa shape index (κ2) is 6.41. The smallest absolute Gasteiger partial charge is 0.325 e. The van der Waals surface area contributed by atoms with E-state index in [2.05, 4.69) is 20.1 Å². The van der Waals surface area contributed by atoms with Gasteiger partial charge in [-0.2, -0.15) is 5.10 Å². The first-order valence-electron chi connectivity index (χ1n) is 6.98. The van der Waals surface area contributed by atoms with Crippen LogP contribution in [0.2, 0.25) is 0 Å². The Morgan fingerprint density at radius 1 is 1.38 bits per heavy atom.